The van der Waals surface area contributed by atoms with Crippen LogP contribution >= 0.6 is 0 Å². The lowest BCUT2D eigenvalue weighted by atomic mass is 9.79. The number of rotatable bonds is 9. The minimum absolute atomic E-state index is 0.0410. The molecular formula is C34H37N7O3. The van der Waals surface area contributed by atoms with Gasteiger partial charge in [-0.15, -0.1) is 0 Å². The van der Waals surface area contributed by atoms with Crippen LogP contribution in [0.15, 0.2) is 73.2 Å². The van der Waals surface area contributed by atoms with E-state index in [0.717, 1.165) is 33.6 Å². The minimum Gasteiger partial charge on any atom is -0.348 e. The number of H-pyrrole nitrogens is 1. The van der Waals surface area contributed by atoms with Crippen LogP contribution in [0.25, 0.3) is 0 Å². The van der Waals surface area contributed by atoms with Gasteiger partial charge in [0.1, 0.15) is 18.2 Å². The molecule has 4 N–H and O–H groups in total. The van der Waals surface area contributed by atoms with Crippen molar-refractivity contribution >= 4 is 29.2 Å². The number of nitrogens with one attached hydrogen (secondary N) is 4. The first kappa shape index (κ1) is 29.3. The van der Waals surface area contributed by atoms with Crippen molar-refractivity contribution in [3.05, 3.63) is 107 Å². The molecular weight excluding hydrogens is 554 g/mol. The average molecular weight is 592 g/mol. The SMILES string of the molecule is CC(C)(C)C(=O)N(CC(=O)Nc1ccc2c(c1)CC1(C2)C(=O)Nc2ncccc21)Cc1ccccc1CNCc1ncc[nH]1. The number of anilines is 2. The highest BCUT2D eigenvalue weighted by Gasteiger charge is 2.51. The van der Waals surface area contributed by atoms with Gasteiger partial charge in [0.2, 0.25) is 17.7 Å². The van der Waals surface area contributed by atoms with Gasteiger partial charge in [0.15, 0.2) is 0 Å². The maximum atomic E-state index is 13.5. The number of aromatic nitrogens is 3. The van der Waals surface area contributed by atoms with E-state index in [-0.39, 0.29) is 24.3 Å². The summed E-state index contributed by atoms with van der Waals surface area (Å²) in [5, 5.41) is 9.32. The molecule has 6 rings (SSSR count). The van der Waals surface area contributed by atoms with Crippen LogP contribution in [-0.4, -0.2) is 44.1 Å². The van der Waals surface area contributed by atoms with E-state index >= 15 is 0 Å². The smallest absolute Gasteiger partial charge is 0.244 e. The van der Waals surface area contributed by atoms with Crippen molar-refractivity contribution in [3.63, 3.8) is 0 Å². The Morgan fingerprint density at radius 2 is 1.75 bits per heavy atom. The van der Waals surface area contributed by atoms with Crippen molar-refractivity contribution in [2.24, 2.45) is 5.41 Å². The third kappa shape index (κ3) is 5.85. The van der Waals surface area contributed by atoms with Gasteiger partial charge in [-0.2, -0.15) is 0 Å². The number of pyridine rings is 1. The Hall–Kier alpha value is -4.83. The highest BCUT2D eigenvalue weighted by atomic mass is 16.2. The lowest BCUT2D eigenvalue weighted by Gasteiger charge is -2.30. The van der Waals surface area contributed by atoms with E-state index in [4.69, 9.17) is 0 Å². The van der Waals surface area contributed by atoms with Gasteiger partial charge in [-0.05, 0) is 53.3 Å². The van der Waals surface area contributed by atoms with Crippen molar-refractivity contribution in [2.75, 3.05) is 17.2 Å². The maximum absolute atomic E-state index is 13.5. The van der Waals surface area contributed by atoms with Crippen LogP contribution in [0.2, 0.25) is 0 Å². The lowest BCUT2D eigenvalue weighted by molar-refractivity contribution is -0.142. The molecule has 0 radical (unpaired) electrons. The highest BCUT2D eigenvalue weighted by molar-refractivity contribution is 6.06. The fourth-order valence-corrected chi connectivity index (χ4v) is 6.19. The second-order valence-electron chi connectivity index (χ2n) is 12.6. The summed E-state index contributed by atoms with van der Waals surface area (Å²) in [6, 6.07) is 17.5. The topological polar surface area (TPSA) is 132 Å². The Bertz CT molecular complexity index is 1710. The Morgan fingerprint density at radius 3 is 2.52 bits per heavy atom. The molecule has 10 heteroatoms. The molecule has 1 atom stereocenters. The summed E-state index contributed by atoms with van der Waals surface area (Å²) in [5.41, 5.74) is 4.33. The monoisotopic (exact) mass is 591 g/mol. The number of carbonyl (C=O) groups is 3. The third-order valence-corrected chi connectivity index (χ3v) is 8.37. The molecule has 4 aromatic rings. The quantitative estimate of drug-likeness (QED) is 0.232. The van der Waals surface area contributed by atoms with E-state index in [2.05, 4.69) is 30.9 Å². The largest absolute Gasteiger partial charge is 0.348 e. The molecule has 2 aliphatic rings. The molecule has 10 nitrogen and oxygen atoms in total. The van der Waals surface area contributed by atoms with Crippen LogP contribution in [0.5, 0.6) is 0 Å². The molecule has 3 amide bonds. The van der Waals surface area contributed by atoms with E-state index in [1.807, 2.05) is 75.4 Å². The molecule has 3 heterocycles. The predicted octanol–water partition coefficient (Wildman–Crippen LogP) is 4.10. The molecule has 0 fully saturated rings. The number of hydrogen-bond acceptors (Lipinski definition) is 6. The number of fused-ring (bicyclic) bond motifs is 3. The fourth-order valence-electron chi connectivity index (χ4n) is 6.19. The first-order chi connectivity index (χ1) is 21.1. The standard InChI is InChI=1S/C34H37N7O3/c1-33(2,3)32(44)41(20-24-8-5-4-7-23(24)18-35-19-28-36-13-14-37-28)21-29(42)39-26-11-10-22-16-34(17-25(22)15-26)27-9-6-12-38-30(27)40-31(34)43/h4-15,35H,16-21H2,1-3H3,(H,36,37)(H,39,42)(H,38,40,43). The summed E-state index contributed by atoms with van der Waals surface area (Å²) in [5.74, 6) is 1.04. The van der Waals surface area contributed by atoms with Gasteiger partial charge in [0, 0.05) is 48.3 Å². The molecule has 1 aliphatic heterocycles. The molecule has 1 unspecified atom stereocenters. The second-order valence-corrected chi connectivity index (χ2v) is 12.6. The van der Waals surface area contributed by atoms with Crippen LogP contribution in [0.3, 0.4) is 0 Å². The zero-order valence-electron chi connectivity index (χ0n) is 25.2. The van der Waals surface area contributed by atoms with Crippen LogP contribution < -0.4 is 16.0 Å². The number of imidazole rings is 1. The summed E-state index contributed by atoms with van der Waals surface area (Å²) in [7, 11) is 0. The van der Waals surface area contributed by atoms with E-state index in [0.29, 0.717) is 44.0 Å². The third-order valence-electron chi connectivity index (χ3n) is 8.37. The maximum Gasteiger partial charge on any atom is 0.244 e. The van der Waals surface area contributed by atoms with Gasteiger partial charge in [-0.3, -0.25) is 14.4 Å². The van der Waals surface area contributed by atoms with Crippen molar-refractivity contribution in [3.8, 4) is 0 Å². The minimum atomic E-state index is -0.676. The van der Waals surface area contributed by atoms with Gasteiger partial charge in [-0.1, -0.05) is 57.2 Å². The van der Waals surface area contributed by atoms with Crippen LogP contribution in [0.1, 0.15) is 54.4 Å². The van der Waals surface area contributed by atoms with Gasteiger partial charge >= 0.3 is 0 Å². The number of aromatic amines is 1. The lowest BCUT2D eigenvalue weighted by Crippen LogP contribution is -2.43. The summed E-state index contributed by atoms with van der Waals surface area (Å²) >= 11 is 0. The summed E-state index contributed by atoms with van der Waals surface area (Å²) < 4.78 is 0. The van der Waals surface area contributed by atoms with E-state index in [9.17, 15) is 14.4 Å². The number of benzene rings is 2. The Kier molecular flexibility index (Phi) is 7.77. The molecule has 0 saturated carbocycles. The Balaban J connectivity index is 1.15. The summed E-state index contributed by atoms with van der Waals surface area (Å²) in [4.78, 5) is 53.3. The number of amides is 3. The van der Waals surface area contributed by atoms with Crippen LogP contribution in [0, 0.1) is 5.41 Å². The van der Waals surface area contributed by atoms with Gasteiger partial charge in [-0.25, -0.2) is 9.97 Å². The molecule has 0 saturated heterocycles. The number of nitrogens with zero attached hydrogens (tertiary/aromatic N) is 3. The molecule has 1 aliphatic carbocycles. The molecule has 0 bridgehead atoms. The summed E-state index contributed by atoms with van der Waals surface area (Å²) in [6.45, 7) is 6.98. The van der Waals surface area contributed by atoms with E-state index < -0.39 is 10.8 Å². The molecule has 226 valence electrons. The van der Waals surface area contributed by atoms with Crippen LogP contribution in [0.4, 0.5) is 11.5 Å². The van der Waals surface area contributed by atoms with Gasteiger partial charge in [0.05, 0.1) is 12.0 Å². The van der Waals surface area contributed by atoms with Crippen LogP contribution in [-0.2, 0) is 52.3 Å². The first-order valence-electron chi connectivity index (χ1n) is 14.9. The Morgan fingerprint density at radius 1 is 0.955 bits per heavy atom. The van der Waals surface area contributed by atoms with Gasteiger partial charge < -0.3 is 25.8 Å². The molecule has 2 aromatic heterocycles. The van der Waals surface area contributed by atoms with Crippen molar-refractivity contribution in [1.82, 2.24) is 25.2 Å². The fraction of sp³-hybridized carbons (Fsp3) is 0.324. The normalized spacial score (nSPS) is 16.8. The van der Waals surface area contributed by atoms with Crippen molar-refractivity contribution in [2.45, 2.75) is 58.7 Å². The summed E-state index contributed by atoms with van der Waals surface area (Å²) in [6.07, 6.45) is 6.31. The number of hydrogen-bond donors (Lipinski definition) is 4. The van der Waals surface area contributed by atoms with E-state index in [1.54, 1.807) is 23.5 Å². The molecule has 44 heavy (non-hydrogen) atoms. The van der Waals surface area contributed by atoms with E-state index in [1.165, 1.54) is 0 Å². The first-order valence-corrected chi connectivity index (χ1v) is 14.9. The van der Waals surface area contributed by atoms with Crippen molar-refractivity contribution < 1.29 is 14.4 Å². The number of carbonyl (C=O) groups excluding carboxylic acids is 3. The zero-order chi connectivity index (χ0) is 30.9. The predicted molar refractivity (Wildman–Crippen MR) is 167 cm³/mol. The zero-order valence-corrected chi connectivity index (χ0v) is 25.2. The molecule has 2 aromatic carbocycles. The highest BCUT2D eigenvalue weighted by Crippen LogP contribution is 2.46. The van der Waals surface area contributed by atoms with Gasteiger partial charge in [0.25, 0.3) is 0 Å². The van der Waals surface area contributed by atoms with Crippen molar-refractivity contribution in [1.29, 1.82) is 0 Å². The average Bonchev–Trinajstić information content (AvgIpc) is 3.71. The molecule has 1 spiro atoms. The Labute approximate surface area is 256 Å². The second kappa shape index (κ2) is 11.7.